The molecule has 0 unspecified atom stereocenters. The molecular weight excluding hydrogens is 345 g/mol. The van der Waals surface area contributed by atoms with Crippen molar-refractivity contribution in [3.05, 3.63) is 65.7 Å². The van der Waals surface area contributed by atoms with E-state index in [4.69, 9.17) is 5.11 Å². The lowest BCUT2D eigenvalue weighted by molar-refractivity contribution is 0.112. The molecule has 0 amide bonds. The summed E-state index contributed by atoms with van der Waals surface area (Å²) < 4.78 is 36.1. The summed E-state index contributed by atoms with van der Waals surface area (Å²) in [7, 11) is -2.29. The van der Waals surface area contributed by atoms with Gasteiger partial charge in [0.2, 0.25) is 0 Å². The van der Waals surface area contributed by atoms with Crippen molar-refractivity contribution in [2.24, 2.45) is 0 Å². The van der Waals surface area contributed by atoms with Crippen molar-refractivity contribution >= 4 is 9.84 Å². The SMILES string of the molecule is CO.CS(=O)(=O)c1ccc([C@@H](O)[C@@H](CF)NCc2ccccc2)cc1. The number of alkyl halides is 1. The quantitative estimate of drug-likeness (QED) is 0.694. The maximum Gasteiger partial charge on any atom is 0.175 e. The molecule has 0 saturated carbocycles. The summed E-state index contributed by atoms with van der Waals surface area (Å²) in [4.78, 5) is 0.169. The van der Waals surface area contributed by atoms with Crippen molar-refractivity contribution in [3.63, 3.8) is 0 Å². The first-order chi connectivity index (χ1) is 11.9. The Hall–Kier alpha value is -1.80. The summed E-state index contributed by atoms with van der Waals surface area (Å²) in [6, 6.07) is 14.6. The van der Waals surface area contributed by atoms with Gasteiger partial charge in [-0.05, 0) is 23.3 Å². The normalized spacial score (nSPS) is 13.5. The van der Waals surface area contributed by atoms with Crippen molar-refractivity contribution in [2.45, 2.75) is 23.6 Å². The van der Waals surface area contributed by atoms with E-state index >= 15 is 0 Å². The Labute approximate surface area is 148 Å². The fourth-order valence-corrected chi connectivity index (χ4v) is 2.87. The smallest absolute Gasteiger partial charge is 0.175 e. The predicted octanol–water partition coefficient (Wildman–Crippen LogP) is 1.86. The molecule has 2 rings (SSSR count). The van der Waals surface area contributed by atoms with Gasteiger partial charge in [0.1, 0.15) is 6.67 Å². The van der Waals surface area contributed by atoms with E-state index in [1.807, 2.05) is 30.3 Å². The molecule has 7 heteroatoms. The molecule has 138 valence electrons. The zero-order valence-corrected chi connectivity index (χ0v) is 15.1. The van der Waals surface area contributed by atoms with Crippen LogP contribution in [0.3, 0.4) is 0 Å². The lowest BCUT2D eigenvalue weighted by atomic mass is 10.0. The van der Waals surface area contributed by atoms with Crippen LogP contribution in [0.25, 0.3) is 0 Å². The van der Waals surface area contributed by atoms with Crippen molar-refractivity contribution in [1.82, 2.24) is 5.32 Å². The van der Waals surface area contributed by atoms with Crippen LogP contribution in [0.15, 0.2) is 59.5 Å². The first kappa shape index (κ1) is 21.2. The number of benzene rings is 2. The number of hydrogen-bond donors (Lipinski definition) is 3. The predicted molar refractivity (Wildman–Crippen MR) is 95.7 cm³/mol. The number of hydrogen-bond acceptors (Lipinski definition) is 5. The van der Waals surface area contributed by atoms with Crippen LogP contribution in [0.1, 0.15) is 17.2 Å². The average Bonchev–Trinajstić information content (AvgIpc) is 2.64. The van der Waals surface area contributed by atoms with Crippen LogP contribution in [0.2, 0.25) is 0 Å². The summed E-state index contributed by atoms with van der Waals surface area (Å²) in [5.74, 6) is 0. The fraction of sp³-hybridized carbons (Fsp3) is 0.333. The molecule has 2 aromatic carbocycles. The number of rotatable bonds is 7. The molecule has 5 nitrogen and oxygen atoms in total. The minimum Gasteiger partial charge on any atom is -0.400 e. The van der Waals surface area contributed by atoms with Gasteiger partial charge in [-0.1, -0.05) is 42.5 Å². The van der Waals surface area contributed by atoms with Gasteiger partial charge in [-0.15, -0.1) is 0 Å². The maximum absolute atomic E-state index is 13.2. The molecule has 0 spiro atoms. The molecule has 0 radical (unpaired) electrons. The Morgan fingerprint density at radius 1 is 1.04 bits per heavy atom. The van der Waals surface area contributed by atoms with Gasteiger partial charge in [0.05, 0.1) is 17.0 Å². The topological polar surface area (TPSA) is 86.6 Å². The second-order valence-corrected chi connectivity index (χ2v) is 7.43. The minimum absolute atomic E-state index is 0.169. The average molecular weight is 369 g/mol. The minimum atomic E-state index is -3.29. The molecular formula is C18H24FNO4S. The van der Waals surface area contributed by atoms with E-state index < -0.39 is 28.7 Å². The highest BCUT2D eigenvalue weighted by molar-refractivity contribution is 7.90. The van der Waals surface area contributed by atoms with Gasteiger partial charge in [0.15, 0.2) is 9.84 Å². The van der Waals surface area contributed by atoms with E-state index in [2.05, 4.69) is 5.32 Å². The van der Waals surface area contributed by atoms with Crippen LogP contribution in [0.5, 0.6) is 0 Å². The van der Waals surface area contributed by atoms with Crippen molar-refractivity contribution < 1.29 is 23.0 Å². The van der Waals surface area contributed by atoms with Crippen molar-refractivity contribution in [1.29, 1.82) is 0 Å². The molecule has 0 aliphatic carbocycles. The van der Waals surface area contributed by atoms with Crippen molar-refractivity contribution in [3.8, 4) is 0 Å². The van der Waals surface area contributed by atoms with Crippen LogP contribution in [0, 0.1) is 0 Å². The highest BCUT2D eigenvalue weighted by Gasteiger charge is 2.21. The van der Waals surface area contributed by atoms with E-state index in [0.29, 0.717) is 12.1 Å². The third kappa shape index (κ3) is 6.55. The molecule has 0 aromatic heterocycles. The van der Waals surface area contributed by atoms with Gasteiger partial charge < -0.3 is 15.5 Å². The first-order valence-corrected chi connectivity index (χ1v) is 9.57. The van der Waals surface area contributed by atoms with E-state index in [0.717, 1.165) is 18.9 Å². The molecule has 0 aliphatic heterocycles. The van der Waals surface area contributed by atoms with Gasteiger partial charge in [-0.3, -0.25) is 0 Å². The summed E-state index contributed by atoms with van der Waals surface area (Å²) in [6.07, 6.45) is 0.0573. The molecule has 0 heterocycles. The van der Waals surface area contributed by atoms with Gasteiger partial charge in [0, 0.05) is 19.9 Å². The summed E-state index contributed by atoms with van der Waals surface area (Å²) >= 11 is 0. The van der Waals surface area contributed by atoms with Crippen LogP contribution in [-0.4, -0.2) is 44.7 Å². The fourth-order valence-electron chi connectivity index (χ4n) is 2.24. The highest BCUT2D eigenvalue weighted by Crippen LogP contribution is 2.20. The van der Waals surface area contributed by atoms with Gasteiger partial charge in [-0.25, -0.2) is 12.8 Å². The van der Waals surface area contributed by atoms with E-state index in [1.165, 1.54) is 24.3 Å². The number of nitrogens with one attached hydrogen (secondary N) is 1. The number of sulfone groups is 1. The van der Waals surface area contributed by atoms with E-state index in [-0.39, 0.29) is 4.90 Å². The monoisotopic (exact) mass is 369 g/mol. The molecule has 2 aromatic rings. The zero-order chi connectivity index (χ0) is 18.9. The Kier molecular flexibility index (Phi) is 8.71. The van der Waals surface area contributed by atoms with E-state index in [1.54, 1.807) is 0 Å². The molecule has 0 fully saturated rings. The Morgan fingerprint density at radius 2 is 1.60 bits per heavy atom. The van der Waals surface area contributed by atoms with Gasteiger partial charge in [0.25, 0.3) is 0 Å². The molecule has 0 bridgehead atoms. The summed E-state index contributed by atoms with van der Waals surface area (Å²) in [6.45, 7) is -0.296. The Morgan fingerprint density at radius 3 is 2.08 bits per heavy atom. The van der Waals surface area contributed by atoms with Crippen LogP contribution in [-0.2, 0) is 16.4 Å². The summed E-state index contributed by atoms with van der Waals surface area (Å²) in [5.41, 5.74) is 1.46. The molecule has 0 saturated heterocycles. The number of aliphatic hydroxyl groups excluding tert-OH is 2. The maximum atomic E-state index is 13.2. The molecule has 3 N–H and O–H groups in total. The highest BCUT2D eigenvalue weighted by atomic mass is 32.2. The second kappa shape index (κ2) is 10.2. The third-order valence-electron chi connectivity index (χ3n) is 3.61. The number of halogens is 1. The zero-order valence-electron chi connectivity index (χ0n) is 14.3. The first-order valence-electron chi connectivity index (χ1n) is 7.68. The lowest BCUT2D eigenvalue weighted by Crippen LogP contribution is -2.36. The van der Waals surface area contributed by atoms with Crippen LogP contribution in [0.4, 0.5) is 4.39 Å². The van der Waals surface area contributed by atoms with Crippen molar-refractivity contribution in [2.75, 3.05) is 20.0 Å². The largest absolute Gasteiger partial charge is 0.400 e. The van der Waals surface area contributed by atoms with Crippen LogP contribution >= 0.6 is 0 Å². The molecule has 25 heavy (non-hydrogen) atoms. The molecule has 0 aliphatic rings. The van der Waals surface area contributed by atoms with Crippen LogP contribution < -0.4 is 5.32 Å². The standard InChI is InChI=1S/C17H20FNO3S.CH4O/c1-23(21,22)15-9-7-14(8-10-15)17(20)16(11-18)19-12-13-5-3-2-4-6-13;1-2/h2-10,16-17,19-20H,11-12H2,1H3;2H,1H3/t16-,17-;/m1./s1. The lowest BCUT2D eigenvalue weighted by Gasteiger charge is -2.22. The Balaban J connectivity index is 0.00000151. The number of aliphatic hydroxyl groups is 2. The Bertz CT molecular complexity index is 721. The third-order valence-corrected chi connectivity index (χ3v) is 4.74. The van der Waals surface area contributed by atoms with E-state index in [9.17, 15) is 17.9 Å². The second-order valence-electron chi connectivity index (χ2n) is 5.41. The summed E-state index contributed by atoms with van der Waals surface area (Å²) in [5, 5.41) is 20.3. The van der Waals surface area contributed by atoms with Gasteiger partial charge in [-0.2, -0.15) is 0 Å². The molecule has 2 atom stereocenters. The van der Waals surface area contributed by atoms with Gasteiger partial charge >= 0.3 is 0 Å².